The third-order valence-corrected chi connectivity index (χ3v) is 6.04. The summed E-state index contributed by atoms with van der Waals surface area (Å²) in [6.45, 7) is 6.03. The number of hydrogen-bond acceptors (Lipinski definition) is 3. The molecule has 5 nitrogen and oxygen atoms in total. The SMILES string of the molecule is CCNC(=NCc1cn2ccsc2n1)N1CCC2(CCCC2)C1. The summed E-state index contributed by atoms with van der Waals surface area (Å²) in [6.07, 6.45) is 11.1. The highest BCUT2D eigenvalue weighted by atomic mass is 32.1. The van der Waals surface area contributed by atoms with E-state index >= 15 is 0 Å². The van der Waals surface area contributed by atoms with Gasteiger partial charge in [0.1, 0.15) is 0 Å². The molecule has 1 aliphatic heterocycles. The average Bonchev–Trinajstić information content (AvgIpc) is 3.29. The fourth-order valence-electron chi connectivity index (χ4n) is 4.08. The van der Waals surface area contributed by atoms with Gasteiger partial charge in [0.2, 0.25) is 0 Å². The summed E-state index contributed by atoms with van der Waals surface area (Å²) < 4.78 is 2.08. The molecule has 0 radical (unpaired) electrons. The molecular weight excluding hydrogens is 306 g/mol. The molecule has 1 saturated carbocycles. The summed E-state index contributed by atoms with van der Waals surface area (Å²) >= 11 is 1.67. The Kier molecular flexibility index (Phi) is 4.01. The van der Waals surface area contributed by atoms with Crippen LogP contribution in [0.25, 0.3) is 4.96 Å². The quantitative estimate of drug-likeness (QED) is 0.694. The minimum Gasteiger partial charge on any atom is -0.357 e. The summed E-state index contributed by atoms with van der Waals surface area (Å²) in [6, 6.07) is 0. The zero-order chi connectivity index (χ0) is 15.7. The first-order valence-corrected chi connectivity index (χ1v) is 9.60. The molecule has 1 spiro atoms. The van der Waals surface area contributed by atoms with Gasteiger partial charge in [-0.05, 0) is 31.6 Å². The molecule has 0 amide bonds. The van der Waals surface area contributed by atoms with E-state index in [1.807, 2.05) is 0 Å². The minimum absolute atomic E-state index is 0.577. The number of rotatable bonds is 3. The van der Waals surface area contributed by atoms with Crippen LogP contribution in [-0.2, 0) is 6.54 Å². The minimum atomic E-state index is 0.577. The summed E-state index contributed by atoms with van der Waals surface area (Å²) in [7, 11) is 0. The van der Waals surface area contributed by atoms with Gasteiger partial charge >= 0.3 is 0 Å². The summed E-state index contributed by atoms with van der Waals surface area (Å²) in [5, 5.41) is 5.53. The van der Waals surface area contributed by atoms with Crippen LogP contribution in [0, 0.1) is 5.41 Å². The number of guanidine groups is 1. The second-order valence-corrected chi connectivity index (χ2v) is 7.75. The Morgan fingerprint density at radius 3 is 3.04 bits per heavy atom. The second-order valence-electron chi connectivity index (χ2n) is 6.87. The van der Waals surface area contributed by atoms with Crippen molar-refractivity contribution in [3.8, 4) is 0 Å². The third kappa shape index (κ3) is 2.96. The number of fused-ring (bicyclic) bond motifs is 1. The van der Waals surface area contributed by atoms with E-state index in [2.05, 4.69) is 44.3 Å². The molecule has 0 atom stereocenters. The van der Waals surface area contributed by atoms with Crippen molar-refractivity contribution in [3.05, 3.63) is 23.5 Å². The molecule has 3 heterocycles. The first-order valence-electron chi connectivity index (χ1n) is 8.72. The number of aliphatic imine (C=N–C) groups is 1. The topological polar surface area (TPSA) is 44.9 Å². The third-order valence-electron chi connectivity index (χ3n) is 5.27. The first kappa shape index (κ1) is 15.0. The molecule has 6 heteroatoms. The van der Waals surface area contributed by atoms with Gasteiger partial charge in [0.25, 0.3) is 0 Å². The predicted octanol–water partition coefficient (Wildman–Crippen LogP) is 3.13. The van der Waals surface area contributed by atoms with Crippen molar-refractivity contribution in [3.63, 3.8) is 0 Å². The van der Waals surface area contributed by atoms with E-state index in [-0.39, 0.29) is 0 Å². The summed E-state index contributed by atoms with van der Waals surface area (Å²) in [5.74, 6) is 1.06. The lowest BCUT2D eigenvalue weighted by Crippen LogP contribution is -2.41. The Hall–Kier alpha value is -1.56. The van der Waals surface area contributed by atoms with Crippen molar-refractivity contribution in [2.24, 2.45) is 10.4 Å². The molecule has 2 aliphatic rings. The molecule has 0 aromatic carbocycles. The van der Waals surface area contributed by atoms with E-state index in [0.29, 0.717) is 12.0 Å². The van der Waals surface area contributed by atoms with E-state index in [9.17, 15) is 0 Å². The molecule has 1 N–H and O–H groups in total. The Morgan fingerprint density at radius 1 is 1.39 bits per heavy atom. The largest absolute Gasteiger partial charge is 0.357 e. The maximum atomic E-state index is 4.86. The maximum absolute atomic E-state index is 4.86. The van der Waals surface area contributed by atoms with Crippen molar-refractivity contribution in [1.82, 2.24) is 19.6 Å². The van der Waals surface area contributed by atoms with E-state index in [0.717, 1.165) is 29.7 Å². The number of imidazole rings is 1. The second kappa shape index (κ2) is 6.15. The molecule has 23 heavy (non-hydrogen) atoms. The molecule has 1 aliphatic carbocycles. The van der Waals surface area contributed by atoms with Gasteiger partial charge in [-0.15, -0.1) is 11.3 Å². The van der Waals surface area contributed by atoms with Gasteiger partial charge in [0.15, 0.2) is 10.9 Å². The maximum Gasteiger partial charge on any atom is 0.194 e. The molecule has 2 fully saturated rings. The van der Waals surface area contributed by atoms with Crippen LogP contribution in [0.5, 0.6) is 0 Å². The van der Waals surface area contributed by atoms with Crippen molar-refractivity contribution < 1.29 is 0 Å². The van der Waals surface area contributed by atoms with E-state index in [1.54, 1.807) is 11.3 Å². The Balaban J connectivity index is 1.47. The molecule has 2 aromatic rings. The number of thiazole rings is 1. The van der Waals surface area contributed by atoms with Crippen LogP contribution in [-0.4, -0.2) is 39.9 Å². The average molecular weight is 331 g/mol. The number of nitrogens with one attached hydrogen (secondary N) is 1. The highest BCUT2D eigenvalue weighted by Crippen LogP contribution is 2.45. The van der Waals surface area contributed by atoms with Crippen molar-refractivity contribution in [2.75, 3.05) is 19.6 Å². The number of likely N-dealkylation sites (tertiary alicyclic amines) is 1. The van der Waals surface area contributed by atoms with E-state index in [4.69, 9.17) is 4.99 Å². The monoisotopic (exact) mass is 331 g/mol. The zero-order valence-corrected chi connectivity index (χ0v) is 14.6. The molecule has 0 unspecified atom stereocenters. The molecule has 1 saturated heterocycles. The number of hydrogen-bond donors (Lipinski definition) is 1. The smallest absolute Gasteiger partial charge is 0.194 e. The van der Waals surface area contributed by atoms with Crippen LogP contribution < -0.4 is 5.32 Å². The Morgan fingerprint density at radius 2 is 2.26 bits per heavy atom. The van der Waals surface area contributed by atoms with Crippen LogP contribution in [0.3, 0.4) is 0 Å². The zero-order valence-electron chi connectivity index (χ0n) is 13.8. The lowest BCUT2D eigenvalue weighted by Gasteiger charge is -2.25. The molecule has 0 bridgehead atoms. The van der Waals surface area contributed by atoms with Gasteiger partial charge < -0.3 is 10.2 Å². The Labute approximate surface area is 141 Å². The van der Waals surface area contributed by atoms with Gasteiger partial charge in [-0.3, -0.25) is 4.40 Å². The van der Waals surface area contributed by atoms with Gasteiger partial charge in [-0.2, -0.15) is 0 Å². The van der Waals surface area contributed by atoms with Gasteiger partial charge in [-0.25, -0.2) is 9.98 Å². The van der Waals surface area contributed by atoms with Crippen LogP contribution in [0.4, 0.5) is 0 Å². The lowest BCUT2D eigenvalue weighted by molar-refractivity contribution is 0.309. The van der Waals surface area contributed by atoms with Gasteiger partial charge in [0.05, 0.1) is 12.2 Å². The van der Waals surface area contributed by atoms with Gasteiger partial charge in [0, 0.05) is 37.4 Å². The van der Waals surface area contributed by atoms with E-state index < -0.39 is 0 Å². The summed E-state index contributed by atoms with van der Waals surface area (Å²) in [5.41, 5.74) is 1.62. The standard InChI is InChI=1S/C17H25N5S/c1-2-18-15(22-8-7-17(13-22)5-3-4-6-17)19-11-14-12-21-9-10-23-16(21)20-14/h9-10,12H,2-8,11,13H2,1H3,(H,18,19). The van der Waals surface area contributed by atoms with Crippen molar-refractivity contribution >= 4 is 22.3 Å². The number of aromatic nitrogens is 2. The van der Waals surface area contributed by atoms with Crippen LogP contribution in [0.15, 0.2) is 22.8 Å². The molecular formula is C17H25N5S. The van der Waals surface area contributed by atoms with Crippen LogP contribution in [0.1, 0.15) is 44.7 Å². The predicted molar refractivity (Wildman–Crippen MR) is 95.0 cm³/mol. The lowest BCUT2D eigenvalue weighted by atomic mass is 9.86. The van der Waals surface area contributed by atoms with Crippen LogP contribution in [0.2, 0.25) is 0 Å². The molecule has 4 rings (SSSR count). The highest BCUT2D eigenvalue weighted by Gasteiger charge is 2.41. The molecule has 2 aromatic heterocycles. The van der Waals surface area contributed by atoms with Crippen molar-refractivity contribution in [2.45, 2.75) is 45.6 Å². The first-order chi connectivity index (χ1) is 11.3. The summed E-state index contributed by atoms with van der Waals surface area (Å²) in [4.78, 5) is 13.0. The van der Waals surface area contributed by atoms with Gasteiger partial charge in [-0.1, -0.05) is 12.8 Å². The van der Waals surface area contributed by atoms with Crippen molar-refractivity contribution in [1.29, 1.82) is 0 Å². The highest BCUT2D eigenvalue weighted by molar-refractivity contribution is 7.15. The molecule has 124 valence electrons. The normalized spacial score (nSPS) is 20.9. The number of nitrogens with zero attached hydrogens (tertiary/aromatic N) is 4. The van der Waals surface area contributed by atoms with E-state index in [1.165, 1.54) is 38.6 Å². The fourth-order valence-corrected chi connectivity index (χ4v) is 4.80. The Bertz CT molecular complexity index is 666. The van der Waals surface area contributed by atoms with Crippen LogP contribution >= 0.6 is 11.3 Å². The fraction of sp³-hybridized carbons (Fsp3) is 0.647.